The van der Waals surface area contributed by atoms with Crippen LogP contribution >= 0.6 is 0 Å². The van der Waals surface area contributed by atoms with Gasteiger partial charge in [0.1, 0.15) is 17.9 Å². The summed E-state index contributed by atoms with van der Waals surface area (Å²) in [5.74, 6) is 0.227. The van der Waals surface area contributed by atoms with Crippen LogP contribution in [0.25, 0.3) is 0 Å². The number of carbonyl (C=O) groups is 1. The first-order chi connectivity index (χ1) is 13.8. The van der Waals surface area contributed by atoms with Crippen LogP contribution in [0.3, 0.4) is 0 Å². The van der Waals surface area contributed by atoms with E-state index in [4.69, 9.17) is 9.68 Å². The summed E-state index contributed by atoms with van der Waals surface area (Å²) in [5, 5.41) is 21.9. The average Bonchev–Trinajstić information content (AvgIpc) is 3.27. The SMILES string of the molecule is CC(C)(C(=O)NCC(O)c1ccco1)C1=CCC(C)(c2cncc(C#N)n2)C=C1. The van der Waals surface area contributed by atoms with Gasteiger partial charge in [0.25, 0.3) is 0 Å². The van der Waals surface area contributed by atoms with Crippen LogP contribution in [0.5, 0.6) is 0 Å². The average molecular weight is 392 g/mol. The van der Waals surface area contributed by atoms with E-state index in [1.165, 1.54) is 12.5 Å². The van der Waals surface area contributed by atoms with Gasteiger partial charge in [0.15, 0.2) is 5.69 Å². The number of aliphatic hydroxyl groups is 1. The molecule has 0 fully saturated rings. The Morgan fingerprint density at radius 2 is 2.28 bits per heavy atom. The van der Waals surface area contributed by atoms with E-state index in [0.717, 1.165) is 5.57 Å². The number of carbonyl (C=O) groups excluding carboxylic acids is 1. The lowest BCUT2D eigenvalue weighted by Gasteiger charge is -2.32. The Kier molecular flexibility index (Phi) is 5.66. The third-order valence-corrected chi connectivity index (χ3v) is 5.33. The van der Waals surface area contributed by atoms with E-state index in [1.54, 1.807) is 18.3 Å². The number of hydrogen-bond donors (Lipinski definition) is 2. The van der Waals surface area contributed by atoms with Gasteiger partial charge in [-0.05, 0) is 38.0 Å². The van der Waals surface area contributed by atoms with Gasteiger partial charge in [0.05, 0.1) is 30.1 Å². The van der Waals surface area contributed by atoms with E-state index in [2.05, 4.69) is 15.3 Å². The minimum absolute atomic E-state index is 0.0705. The predicted octanol–water partition coefficient (Wildman–Crippen LogP) is 2.96. The second-order valence-electron chi connectivity index (χ2n) is 7.88. The maximum absolute atomic E-state index is 12.8. The molecule has 0 bridgehead atoms. The van der Waals surface area contributed by atoms with Gasteiger partial charge < -0.3 is 14.8 Å². The van der Waals surface area contributed by atoms with E-state index in [-0.39, 0.29) is 18.1 Å². The number of hydrogen-bond acceptors (Lipinski definition) is 6. The van der Waals surface area contributed by atoms with Crippen LogP contribution < -0.4 is 5.32 Å². The molecular formula is C22H24N4O3. The van der Waals surface area contributed by atoms with Crippen molar-refractivity contribution in [2.45, 2.75) is 38.7 Å². The molecule has 0 aliphatic heterocycles. The number of nitrogens with zero attached hydrogens (tertiary/aromatic N) is 3. The zero-order chi connectivity index (χ0) is 21.1. The van der Waals surface area contributed by atoms with Crippen molar-refractivity contribution < 1.29 is 14.3 Å². The van der Waals surface area contributed by atoms with Crippen molar-refractivity contribution in [2.24, 2.45) is 5.41 Å². The Hall–Kier alpha value is -3.24. The molecule has 1 aliphatic rings. The van der Waals surface area contributed by atoms with Crippen molar-refractivity contribution in [3.05, 3.63) is 71.7 Å². The molecule has 2 aromatic heterocycles. The molecule has 1 amide bonds. The van der Waals surface area contributed by atoms with Crippen molar-refractivity contribution in [1.29, 1.82) is 5.26 Å². The largest absolute Gasteiger partial charge is 0.467 e. The first-order valence-electron chi connectivity index (χ1n) is 9.38. The highest BCUT2D eigenvalue weighted by Crippen LogP contribution is 2.38. The zero-order valence-corrected chi connectivity index (χ0v) is 16.7. The molecule has 0 radical (unpaired) electrons. The van der Waals surface area contributed by atoms with Crippen LogP contribution in [0.15, 0.2) is 59.0 Å². The molecule has 150 valence electrons. The molecule has 3 rings (SSSR count). The minimum Gasteiger partial charge on any atom is -0.467 e. The second-order valence-corrected chi connectivity index (χ2v) is 7.88. The molecule has 0 aromatic carbocycles. The maximum atomic E-state index is 12.8. The maximum Gasteiger partial charge on any atom is 0.230 e. The number of nitriles is 1. The van der Waals surface area contributed by atoms with E-state index in [1.807, 2.05) is 45.1 Å². The van der Waals surface area contributed by atoms with Crippen LogP contribution in [0.4, 0.5) is 0 Å². The molecule has 2 aromatic rings. The molecule has 0 saturated carbocycles. The zero-order valence-electron chi connectivity index (χ0n) is 16.7. The van der Waals surface area contributed by atoms with Gasteiger partial charge in [0, 0.05) is 11.6 Å². The van der Waals surface area contributed by atoms with Crippen LogP contribution in [-0.4, -0.2) is 27.5 Å². The van der Waals surface area contributed by atoms with E-state index in [9.17, 15) is 9.90 Å². The summed E-state index contributed by atoms with van der Waals surface area (Å²) in [7, 11) is 0. The number of nitrogens with one attached hydrogen (secondary N) is 1. The Bertz CT molecular complexity index is 986. The Labute approximate surface area is 169 Å². The monoisotopic (exact) mass is 392 g/mol. The van der Waals surface area contributed by atoms with Gasteiger partial charge in [-0.2, -0.15) is 5.26 Å². The van der Waals surface area contributed by atoms with Gasteiger partial charge in [0.2, 0.25) is 5.91 Å². The predicted molar refractivity (Wildman–Crippen MR) is 106 cm³/mol. The van der Waals surface area contributed by atoms with Gasteiger partial charge in [-0.15, -0.1) is 0 Å². The fraction of sp³-hybridized carbons (Fsp3) is 0.364. The molecule has 2 atom stereocenters. The number of furan rings is 1. The van der Waals surface area contributed by atoms with Crippen molar-refractivity contribution in [3.63, 3.8) is 0 Å². The number of rotatable bonds is 6. The number of amides is 1. The van der Waals surface area contributed by atoms with Gasteiger partial charge in [-0.1, -0.05) is 25.2 Å². The number of aromatic nitrogens is 2. The van der Waals surface area contributed by atoms with Crippen LogP contribution in [0.1, 0.15) is 50.4 Å². The number of allylic oxidation sites excluding steroid dienone is 3. The quantitative estimate of drug-likeness (QED) is 0.782. The van der Waals surface area contributed by atoms with E-state index in [0.29, 0.717) is 17.9 Å². The Balaban J connectivity index is 1.68. The summed E-state index contributed by atoms with van der Waals surface area (Å²) in [6.07, 6.45) is 10.3. The third-order valence-electron chi connectivity index (χ3n) is 5.33. The molecule has 7 heteroatoms. The molecule has 7 nitrogen and oxygen atoms in total. The molecule has 2 N–H and O–H groups in total. The Morgan fingerprint density at radius 1 is 1.48 bits per heavy atom. The summed E-state index contributed by atoms with van der Waals surface area (Å²) < 4.78 is 5.16. The highest BCUT2D eigenvalue weighted by Gasteiger charge is 2.35. The second kappa shape index (κ2) is 8.02. The summed E-state index contributed by atoms with van der Waals surface area (Å²) in [6.45, 7) is 5.78. The minimum atomic E-state index is -0.894. The fourth-order valence-corrected chi connectivity index (χ4v) is 3.20. The Morgan fingerprint density at radius 3 is 2.90 bits per heavy atom. The first-order valence-corrected chi connectivity index (χ1v) is 9.38. The van der Waals surface area contributed by atoms with E-state index < -0.39 is 16.9 Å². The lowest BCUT2D eigenvalue weighted by atomic mass is 9.73. The lowest BCUT2D eigenvalue weighted by molar-refractivity contribution is -0.128. The molecule has 0 saturated heterocycles. The lowest BCUT2D eigenvalue weighted by Crippen LogP contribution is -2.40. The normalized spacial score (nSPS) is 19.9. The highest BCUT2D eigenvalue weighted by atomic mass is 16.4. The third kappa shape index (κ3) is 4.28. The van der Waals surface area contributed by atoms with Gasteiger partial charge in [-0.3, -0.25) is 9.78 Å². The van der Waals surface area contributed by atoms with E-state index >= 15 is 0 Å². The molecule has 29 heavy (non-hydrogen) atoms. The van der Waals surface area contributed by atoms with Crippen LogP contribution in [0, 0.1) is 16.7 Å². The fourth-order valence-electron chi connectivity index (χ4n) is 3.20. The molecule has 2 unspecified atom stereocenters. The van der Waals surface area contributed by atoms with Gasteiger partial charge in [-0.25, -0.2) is 4.98 Å². The van der Waals surface area contributed by atoms with Crippen LogP contribution in [-0.2, 0) is 10.2 Å². The van der Waals surface area contributed by atoms with Crippen molar-refractivity contribution >= 4 is 5.91 Å². The molecule has 1 aliphatic carbocycles. The standard InChI is InChI=1S/C22H24N4O3/c1-21(2,20(28)25-13-17(27)18-5-4-10-29-18)15-6-8-22(3,9-7-15)19-14-24-12-16(11-23)26-19/h4-8,10,12,14,17,27H,9,13H2,1-3H3,(H,25,28). The molecular weight excluding hydrogens is 368 g/mol. The molecule has 0 spiro atoms. The topological polar surface area (TPSA) is 112 Å². The van der Waals surface area contributed by atoms with Crippen molar-refractivity contribution in [3.8, 4) is 6.07 Å². The summed E-state index contributed by atoms with van der Waals surface area (Å²) >= 11 is 0. The van der Waals surface area contributed by atoms with Gasteiger partial charge >= 0.3 is 0 Å². The summed E-state index contributed by atoms with van der Waals surface area (Å²) in [4.78, 5) is 21.2. The highest BCUT2D eigenvalue weighted by molar-refractivity contribution is 5.86. The number of aliphatic hydroxyl groups excluding tert-OH is 1. The van der Waals surface area contributed by atoms with Crippen molar-refractivity contribution in [2.75, 3.05) is 6.54 Å². The van der Waals surface area contributed by atoms with Crippen molar-refractivity contribution in [1.82, 2.24) is 15.3 Å². The smallest absolute Gasteiger partial charge is 0.230 e. The molecule has 2 heterocycles. The summed E-state index contributed by atoms with van der Waals surface area (Å²) in [5.41, 5.74) is 0.699. The van der Waals surface area contributed by atoms with Crippen LogP contribution in [0.2, 0.25) is 0 Å². The first kappa shape index (κ1) is 20.5. The summed E-state index contributed by atoms with van der Waals surface area (Å²) in [6, 6.07) is 5.37.